The van der Waals surface area contributed by atoms with Crippen LogP contribution in [0.1, 0.15) is 10.4 Å². The molecule has 0 fully saturated rings. The number of alkyl halides is 6. The molecule has 1 unspecified atom stereocenters. The van der Waals surface area contributed by atoms with Gasteiger partial charge in [-0.2, -0.15) is 22.0 Å². The van der Waals surface area contributed by atoms with E-state index < -0.39 is 16.9 Å². The molecule has 7 heteroatoms. The van der Waals surface area contributed by atoms with Gasteiger partial charge in [0.1, 0.15) is 4.83 Å². The van der Waals surface area contributed by atoms with Crippen molar-refractivity contribution in [3.8, 4) is 0 Å². The lowest BCUT2D eigenvalue weighted by molar-refractivity contribution is -0.281. The molecule has 0 radical (unpaired) electrons. The second-order valence-corrected chi connectivity index (χ2v) is 5.50. The Labute approximate surface area is 112 Å². The summed E-state index contributed by atoms with van der Waals surface area (Å²) in [5.74, 6) is -4.81. The summed E-state index contributed by atoms with van der Waals surface area (Å²) in [6.45, 7) is 0. The van der Waals surface area contributed by atoms with Gasteiger partial charge < -0.3 is 0 Å². The lowest BCUT2D eigenvalue weighted by Gasteiger charge is -2.24. The predicted octanol–water partition coefficient (Wildman–Crippen LogP) is 5.53. The van der Waals surface area contributed by atoms with Crippen molar-refractivity contribution < 1.29 is 22.0 Å². The van der Waals surface area contributed by atoms with Crippen LogP contribution in [0.4, 0.5) is 22.0 Å². The van der Waals surface area contributed by atoms with Crippen LogP contribution >= 0.6 is 27.3 Å². The zero-order valence-corrected chi connectivity index (χ0v) is 11.0. The number of fused-ring (bicyclic) bond motifs is 1. The monoisotopic (exact) mass is 344 g/mol. The first kappa shape index (κ1) is 13.7. The Balaban J connectivity index is 2.49. The second kappa shape index (κ2) is 4.45. The van der Waals surface area contributed by atoms with E-state index in [-0.39, 0.29) is 5.56 Å². The molecular weight excluding hydrogens is 339 g/mol. The van der Waals surface area contributed by atoms with Gasteiger partial charge in [-0.25, -0.2) is 0 Å². The van der Waals surface area contributed by atoms with E-state index in [1.54, 1.807) is 18.2 Å². The average Bonchev–Trinajstić information content (AvgIpc) is 2.70. The lowest BCUT2D eigenvalue weighted by atomic mass is 10.1. The van der Waals surface area contributed by atoms with E-state index in [0.29, 0.717) is 10.1 Å². The van der Waals surface area contributed by atoms with Crippen molar-refractivity contribution in [3.63, 3.8) is 0 Å². The summed E-state index contributed by atoms with van der Waals surface area (Å²) in [6, 6.07) is 6.51. The fraction of sp³-hybridized carbons (Fsp3) is 0.273. The molecule has 0 spiro atoms. The van der Waals surface area contributed by atoms with Gasteiger partial charge in [0.25, 0.3) is 0 Å². The van der Waals surface area contributed by atoms with Crippen LogP contribution in [0.25, 0.3) is 10.1 Å². The summed E-state index contributed by atoms with van der Waals surface area (Å²) in [4.78, 5) is -2.08. The summed E-state index contributed by atoms with van der Waals surface area (Å²) in [6.07, 6.45) is -5.58. The van der Waals surface area contributed by atoms with Crippen molar-refractivity contribution in [1.29, 1.82) is 0 Å². The van der Waals surface area contributed by atoms with Crippen molar-refractivity contribution >= 4 is 37.4 Å². The smallest absolute Gasteiger partial charge is 0.195 e. The fourth-order valence-electron chi connectivity index (χ4n) is 1.53. The minimum atomic E-state index is -5.58. The Morgan fingerprint density at radius 1 is 1.06 bits per heavy atom. The van der Waals surface area contributed by atoms with Crippen LogP contribution in [-0.2, 0) is 0 Å². The number of rotatable bonds is 2. The third-order valence-corrected chi connectivity index (χ3v) is 4.53. The van der Waals surface area contributed by atoms with Crippen molar-refractivity contribution in [2.75, 3.05) is 0 Å². The van der Waals surface area contributed by atoms with Crippen LogP contribution in [0, 0.1) is 0 Å². The Bertz CT molecular complexity index is 560. The molecule has 0 amide bonds. The molecule has 0 aliphatic rings. The van der Waals surface area contributed by atoms with Crippen LogP contribution in [0.5, 0.6) is 0 Å². The van der Waals surface area contributed by atoms with Crippen molar-refractivity contribution in [2.45, 2.75) is 16.9 Å². The molecule has 0 aliphatic heterocycles. The lowest BCUT2D eigenvalue weighted by Crippen LogP contribution is -2.39. The maximum atomic E-state index is 13.2. The van der Waals surface area contributed by atoms with Gasteiger partial charge in [-0.3, -0.25) is 0 Å². The average molecular weight is 345 g/mol. The molecule has 0 bridgehead atoms. The molecule has 0 saturated carbocycles. The van der Waals surface area contributed by atoms with Crippen molar-refractivity contribution in [1.82, 2.24) is 0 Å². The molecule has 2 aromatic rings. The van der Waals surface area contributed by atoms with Crippen LogP contribution in [0.3, 0.4) is 0 Å². The Morgan fingerprint density at radius 2 is 1.67 bits per heavy atom. The van der Waals surface area contributed by atoms with Gasteiger partial charge in [-0.15, -0.1) is 11.3 Å². The molecule has 2 rings (SSSR count). The maximum absolute atomic E-state index is 13.2. The van der Waals surface area contributed by atoms with E-state index in [1.807, 2.05) is 0 Å². The summed E-state index contributed by atoms with van der Waals surface area (Å²) < 4.78 is 64.1. The Morgan fingerprint density at radius 3 is 2.28 bits per heavy atom. The largest absolute Gasteiger partial charge is 0.454 e. The number of hydrogen-bond donors (Lipinski definition) is 0. The molecule has 18 heavy (non-hydrogen) atoms. The molecule has 98 valence electrons. The second-order valence-electron chi connectivity index (χ2n) is 3.67. The molecule has 0 aliphatic carbocycles. The zero-order chi connectivity index (χ0) is 13.6. The molecule has 1 aromatic heterocycles. The van der Waals surface area contributed by atoms with Gasteiger partial charge >= 0.3 is 12.1 Å². The molecule has 0 N–H and O–H groups in total. The number of hydrogen-bond acceptors (Lipinski definition) is 1. The molecule has 1 atom stereocenters. The maximum Gasteiger partial charge on any atom is 0.454 e. The van der Waals surface area contributed by atoms with Gasteiger partial charge in [0.15, 0.2) is 0 Å². The summed E-state index contributed by atoms with van der Waals surface area (Å²) >= 11 is 3.62. The predicted molar refractivity (Wildman–Crippen MR) is 64.5 cm³/mol. The van der Waals surface area contributed by atoms with Crippen molar-refractivity contribution in [2.24, 2.45) is 0 Å². The quantitative estimate of drug-likeness (QED) is 0.496. The first-order valence-electron chi connectivity index (χ1n) is 4.80. The zero-order valence-electron chi connectivity index (χ0n) is 8.64. The van der Waals surface area contributed by atoms with Crippen LogP contribution in [0.2, 0.25) is 0 Å². The highest BCUT2D eigenvalue weighted by Gasteiger charge is 2.62. The van der Waals surface area contributed by atoms with E-state index in [0.717, 1.165) is 11.3 Å². The van der Waals surface area contributed by atoms with Gasteiger partial charge in [0.2, 0.25) is 0 Å². The summed E-state index contributed by atoms with van der Waals surface area (Å²) in [7, 11) is 0. The minimum Gasteiger partial charge on any atom is -0.195 e. The van der Waals surface area contributed by atoms with E-state index in [2.05, 4.69) is 15.9 Å². The highest BCUT2D eigenvalue weighted by molar-refractivity contribution is 9.09. The SMILES string of the molecule is FC(F)(F)C(F)(F)C(Br)c1csc2ccccc12. The summed E-state index contributed by atoms with van der Waals surface area (Å²) in [5.41, 5.74) is -0.0436. The van der Waals surface area contributed by atoms with Gasteiger partial charge in [0.05, 0.1) is 0 Å². The van der Waals surface area contributed by atoms with Crippen LogP contribution in [0.15, 0.2) is 29.6 Å². The molecular formula is C11H6BrF5S. The third kappa shape index (κ3) is 2.14. The Kier molecular flexibility index (Phi) is 3.40. The fourth-order valence-corrected chi connectivity index (χ4v) is 3.33. The number of thiophene rings is 1. The van der Waals surface area contributed by atoms with E-state index in [4.69, 9.17) is 0 Å². The highest BCUT2D eigenvalue weighted by atomic mass is 79.9. The van der Waals surface area contributed by atoms with Crippen molar-refractivity contribution in [3.05, 3.63) is 35.2 Å². The normalized spacial score (nSPS) is 15.0. The third-order valence-electron chi connectivity index (χ3n) is 2.48. The standard InChI is InChI=1S/C11H6BrF5S/c12-9(10(13,14)11(15,16)17)7-5-18-8-4-2-1-3-6(7)8/h1-5,9H. The Hall–Kier alpha value is -0.690. The minimum absolute atomic E-state index is 0.0436. The molecule has 1 heterocycles. The first-order chi connectivity index (χ1) is 8.25. The van der Waals surface area contributed by atoms with E-state index >= 15 is 0 Å². The highest BCUT2D eigenvalue weighted by Crippen LogP contribution is 2.50. The van der Waals surface area contributed by atoms with Crippen LogP contribution < -0.4 is 0 Å². The molecule has 0 saturated heterocycles. The molecule has 1 aromatic carbocycles. The van der Waals surface area contributed by atoms with Crippen LogP contribution in [-0.4, -0.2) is 12.1 Å². The topological polar surface area (TPSA) is 0 Å². The van der Waals surface area contributed by atoms with E-state index in [1.165, 1.54) is 11.4 Å². The van der Waals surface area contributed by atoms with E-state index in [9.17, 15) is 22.0 Å². The molecule has 0 nitrogen and oxygen atoms in total. The first-order valence-corrected chi connectivity index (χ1v) is 6.59. The van der Waals surface area contributed by atoms with Gasteiger partial charge in [-0.1, -0.05) is 34.1 Å². The number of halogens is 6. The van der Waals surface area contributed by atoms with Gasteiger partial charge in [-0.05, 0) is 22.4 Å². The summed E-state index contributed by atoms with van der Waals surface area (Å²) in [5, 5.41) is 1.73. The van der Waals surface area contributed by atoms with Gasteiger partial charge in [0, 0.05) is 4.70 Å². The number of benzene rings is 1.